The van der Waals surface area contributed by atoms with Crippen molar-refractivity contribution < 1.29 is 14.3 Å². The molecular formula is C13H21N3O3S. The fourth-order valence-corrected chi connectivity index (χ4v) is 2.24. The number of hydrogen-bond donors (Lipinski definition) is 2. The third-order valence-corrected chi connectivity index (χ3v) is 3.40. The lowest BCUT2D eigenvalue weighted by molar-refractivity contribution is -0.139. The van der Waals surface area contributed by atoms with E-state index in [2.05, 4.69) is 10.6 Å². The minimum Gasteiger partial charge on any atom is -0.375 e. The summed E-state index contributed by atoms with van der Waals surface area (Å²) < 4.78 is 5.29. The standard InChI is InChI=1S/C13H21N3O3S/c1-16(2)6-5-14-12(17)13(18)15-8-11(19-3)10-4-7-20-9-10/h4,7,9,11H,5-6,8H2,1-3H3,(H,14,17)(H,15,18). The van der Waals surface area contributed by atoms with Crippen LogP contribution in [-0.2, 0) is 14.3 Å². The summed E-state index contributed by atoms with van der Waals surface area (Å²) >= 11 is 1.56. The van der Waals surface area contributed by atoms with Crippen molar-refractivity contribution in [3.63, 3.8) is 0 Å². The summed E-state index contributed by atoms with van der Waals surface area (Å²) in [5, 5.41) is 9.03. The number of carbonyl (C=O) groups is 2. The summed E-state index contributed by atoms with van der Waals surface area (Å²) in [6, 6.07) is 1.93. The monoisotopic (exact) mass is 299 g/mol. The Labute approximate surface area is 123 Å². The maximum Gasteiger partial charge on any atom is 0.309 e. The predicted octanol–water partition coefficient (Wildman–Crippen LogP) is 0.230. The van der Waals surface area contributed by atoms with Crippen LogP contribution in [0.1, 0.15) is 11.7 Å². The summed E-state index contributed by atoms with van der Waals surface area (Å²) in [4.78, 5) is 25.1. The molecule has 7 heteroatoms. The van der Waals surface area contributed by atoms with Crippen LogP contribution in [0.2, 0.25) is 0 Å². The minimum absolute atomic E-state index is 0.236. The van der Waals surface area contributed by atoms with E-state index in [0.717, 1.165) is 5.56 Å². The Hall–Kier alpha value is -1.44. The highest BCUT2D eigenvalue weighted by Gasteiger charge is 2.16. The molecule has 0 aliphatic carbocycles. The maximum absolute atomic E-state index is 11.6. The van der Waals surface area contributed by atoms with Gasteiger partial charge in [-0.2, -0.15) is 11.3 Å². The second kappa shape index (κ2) is 8.68. The van der Waals surface area contributed by atoms with Gasteiger partial charge in [0.05, 0.1) is 0 Å². The van der Waals surface area contributed by atoms with E-state index in [4.69, 9.17) is 4.74 Å². The molecule has 1 aromatic rings. The van der Waals surface area contributed by atoms with E-state index in [0.29, 0.717) is 13.1 Å². The summed E-state index contributed by atoms with van der Waals surface area (Å²) in [6.45, 7) is 1.40. The number of ether oxygens (including phenoxy) is 1. The van der Waals surface area contributed by atoms with Crippen LogP contribution < -0.4 is 10.6 Å². The molecular weight excluding hydrogens is 278 g/mol. The van der Waals surface area contributed by atoms with Crippen molar-refractivity contribution in [1.29, 1.82) is 0 Å². The molecule has 0 spiro atoms. The SMILES string of the molecule is COC(CNC(=O)C(=O)NCCN(C)C)c1ccsc1. The molecule has 0 saturated carbocycles. The second-order valence-electron chi connectivity index (χ2n) is 4.55. The number of nitrogens with zero attached hydrogens (tertiary/aromatic N) is 1. The van der Waals surface area contributed by atoms with Crippen molar-refractivity contribution in [2.45, 2.75) is 6.10 Å². The van der Waals surface area contributed by atoms with E-state index in [-0.39, 0.29) is 12.6 Å². The number of nitrogens with one attached hydrogen (secondary N) is 2. The molecule has 0 saturated heterocycles. The number of carbonyl (C=O) groups excluding carboxylic acids is 2. The molecule has 112 valence electrons. The van der Waals surface area contributed by atoms with Crippen molar-refractivity contribution in [1.82, 2.24) is 15.5 Å². The summed E-state index contributed by atoms with van der Waals surface area (Å²) in [6.07, 6.45) is -0.236. The van der Waals surface area contributed by atoms with Crippen molar-refractivity contribution in [2.75, 3.05) is 40.8 Å². The zero-order chi connectivity index (χ0) is 15.0. The number of likely N-dealkylation sites (N-methyl/N-ethyl adjacent to an activating group) is 1. The van der Waals surface area contributed by atoms with E-state index in [1.54, 1.807) is 18.4 Å². The highest BCUT2D eigenvalue weighted by atomic mass is 32.1. The summed E-state index contributed by atoms with van der Waals surface area (Å²) in [5.74, 6) is -1.26. The van der Waals surface area contributed by atoms with Crippen LogP contribution in [0, 0.1) is 0 Å². The fraction of sp³-hybridized carbons (Fsp3) is 0.538. The minimum atomic E-state index is -0.638. The van der Waals surface area contributed by atoms with E-state index < -0.39 is 11.8 Å². The Bertz CT molecular complexity index is 421. The van der Waals surface area contributed by atoms with Gasteiger partial charge in [-0.3, -0.25) is 9.59 Å². The van der Waals surface area contributed by atoms with Gasteiger partial charge in [-0.1, -0.05) is 0 Å². The first-order valence-electron chi connectivity index (χ1n) is 6.30. The van der Waals surface area contributed by atoms with Gasteiger partial charge >= 0.3 is 11.8 Å². The van der Waals surface area contributed by atoms with E-state index in [1.807, 2.05) is 35.8 Å². The van der Waals surface area contributed by atoms with Crippen molar-refractivity contribution in [2.24, 2.45) is 0 Å². The normalized spacial score (nSPS) is 12.2. The topological polar surface area (TPSA) is 70.7 Å². The van der Waals surface area contributed by atoms with E-state index >= 15 is 0 Å². The lowest BCUT2D eigenvalue weighted by Gasteiger charge is -2.15. The van der Waals surface area contributed by atoms with Gasteiger partial charge in [-0.25, -0.2) is 0 Å². The van der Waals surface area contributed by atoms with Crippen molar-refractivity contribution >= 4 is 23.2 Å². The first kappa shape index (κ1) is 16.6. The van der Waals surface area contributed by atoms with Gasteiger partial charge in [0, 0.05) is 26.7 Å². The number of thiophene rings is 1. The number of methoxy groups -OCH3 is 1. The Morgan fingerprint density at radius 1 is 1.35 bits per heavy atom. The van der Waals surface area contributed by atoms with Crippen molar-refractivity contribution in [3.05, 3.63) is 22.4 Å². The van der Waals surface area contributed by atoms with Gasteiger partial charge in [0.25, 0.3) is 0 Å². The van der Waals surface area contributed by atoms with Crippen LogP contribution in [0.3, 0.4) is 0 Å². The molecule has 1 atom stereocenters. The molecule has 2 N–H and O–H groups in total. The molecule has 2 amide bonds. The molecule has 1 unspecified atom stereocenters. The average Bonchev–Trinajstić information content (AvgIpc) is 2.92. The smallest absolute Gasteiger partial charge is 0.309 e. The Morgan fingerprint density at radius 2 is 2.05 bits per heavy atom. The molecule has 6 nitrogen and oxygen atoms in total. The van der Waals surface area contributed by atoms with Crippen LogP contribution >= 0.6 is 11.3 Å². The first-order valence-corrected chi connectivity index (χ1v) is 7.24. The highest BCUT2D eigenvalue weighted by Crippen LogP contribution is 2.18. The van der Waals surface area contributed by atoms with Gasteiger partial charge in [-0.05, 0) is 36.5 Å². The zero-order valence-corrected chi connectivity index (χ0v) is 12.8. The van der Waals surface area contributed by atoms with Gasteiger partial charge in [0.15, 0.2) is 0 Å². The van der Waals surface area contributed by atoms with Crippen LogP contribution in [0.4, 0.5) is 0 Å². The van der Waals surface area contributed by atoms with E-state index in [9.17, 15) is 9.59 Å². The Kier molecular flexibility index (Phi) is 7.21. The second-order valence-corrected chi connectivity index (χ2v) is 5.33. The molecule has 1 rings (SSSR count). The zero-order valence-electron chi connectivity index (χ0n) is 12.0. The number of hydrogen-bond acceptors (Lipinski definition) is 5. The lowest BCUT2D eigenvalue weighted by Crippen LogP contribution is -2.43. The Balaban J connectivity index is 2.32. The summed E-state index contributed by atoms with van der Waals surface area (Å²) in [5.41, 5.74) is 0.991. The molecule has 0 radical (unpaired) electrons. The lowest BCUT2D eigenvalue weighted by atomic mass is 10.2. The molecule has 0 aromatic carbocycles. The molecule has 20 heavy (non-hydrogen) atoms. The quantitative estimate of drug-likeness (QED) is 0.707. The third kappa shape index (κ3) is 5.68. The van der Waals surface area contributed by atoms with E-state index in [1.165, 1.54) is 0 Å². The summed E-state index contributed by atoms with van der Waals surface area (Å²) in [7, 11) is 5.37. The average molecular weight is 299 g/mol. The predicted molar refractivity (Wildman–Crippen MR) is 78.6 cm³/mol. The molecule has 1 aromatic heterocycles. The van der Waals surface area contributed by atoms with Gasteiger partial charge in [-0.15, -0.1) is 0 Å². The van der Waals surface area contributed by atoms with Crippen LogP contribution in [0.25, 0.3) is 0 Å². The van der Waals surface area contributed by atoms with Crippen LogP contribution in [-0.4, -0.2) is 57.6 Å². The molecule has 1 heterocycles. The van der Waals surface area contributed by atoms with Crippen LogP contribution in [0.5, 0.6) is 0 Å². The van der Waals surface area contributed by atoms with Crippen LogP contribution in [0.15, 0.2) is 16.8 Å². The maximum atomic E-state index is 11.6. The highest BCUT2D eigenvalue weighted by molar-refractivity contribution is 7.07. The van der Waals surface area contributed by atoms with Crippen molar-refractivity contribution in [3.8, 4) is 0 Å². The molecule has 0 bridgehead atoms. The first-order chi connectivity index (χ1) is 9.54. The number of amides is 2. The number of rotatable bonds is 7. The molecule has 0 aliphatic heterocycles. The molecule has 0 aliphatic rings. The largest absolute Gasteiger partial charge is 0.375 e. The van der Waals surface area contributed by atoms with Gasteiger partial charge in [0.1, 0.15) is 6.10 Å². The third-order valence-electron chi connectivity index (χ3n) is 2.70. The fourth-order valence-electron chi connectivity index (χ4n) is 1.53. The van der Waals surface area contributed by atoms with Gasteiger partial charge in [0.2, 0.25) is 0 Å². The molecule has 0 fully saturated rings. The Morgan fingerprint density at radius 3 is 2.60 bits per heavy atom. The van der Waals surface area contributed by atoms with Gasteiger partial charge < -0.3 is 20.3 Å².